The zero-order valence-electron chi connectivity index (χ0n) is 17.1. The second kappa shape index (κ2) is 11.5. The van der Waals surface area contributed by atoms with Gasteiger partial charge in [-0.15, -0.1) is 0 Å². The van der Waals surface area contributed by atoms with E-state index >= 15 is 0 Å². The maximum absolute atomic E-state index is 5.90. The number of unbranched alkanes of at least 4 members (excludes halogenated alkanes) is 9. The number of fused-ring (bicyclic) bond motifs is 1. The molecule has 0 bridgehead atoms. The number of aromatic nitrogens is 2. The molecule has 0 spiro atoms. The molecule has 3 aromatic rings. The van der Waals surface area contributed by atoms with E-state index in [2.05, 4.69) is 22.2 Å². The Labute approximate surface area is 168 Å². The van der Waals surface area contributed by atoms with Crippen LogP contribution in [0.25, 0.3) is 22.4 Å². The summed E-state index contributed by atoms with van der Waals surface area (Å²) in [5, 5.41) is 4.44. The highest BCUT2D eigenvalue weighted by molar-refractivity contribution is 5.82. The van der Waals surface area contributed by atoms with Gasteiger partial charge < -0.3 is 9.73 Å². The Hall–Kier alpha value is -2.36. The normalized spacial score (nSPS) is 11.2. The Morgan fingerprint density at radius 3 is 2.32 bits per heavy atom. The highest BCUT2D eigenvalue weighted by Crippen LogP contribution is 2.26. The highest BCUT2D eigenvalue weighted by atomic mass is 16.3. The van der Waals surface area contributed by atoms with E-state index in [1.54, 1.807) is 6.20 Å². The van der Waals surface area contributed by atoms with Crippen LogP contribution in [0.2, 0.25) is 0 Å². The Morgan fingerprint density at radius 1 is 0.857 bits per heavy atom. The lowest BCUT2D eigenvalue weighted by Crippen LogP contribution is -2.05. The van der Waals surface area contributed by atoms with E-state index < -0.39 is 0 Å². The Morgan fingerprint density at radius 2 is 1.57 bits per heavy atom. The van der Waals surface area contributed by atoms with Gasteiger partial charge in [0.1, 0.15) is 11.3 Å². The van der Waals surface area contributed by atoms with Gasteiger partial charge in [0, 0.05) is 18.1 Å². The van der Waals surface area contributed by atoms with E-state index in [1.165, 1.54) is 57.8 Å². The molecule has 150 valence electrons. The lowest BCUT2D eigenvalue weighted by atomic mass is 10.1. The standard InChI is InChI=1S/C24H33N3O/c1-2-3-4-5-6-7-8-9-10-13-17-25-24-26-18-16-21(27-24)23-19-20-14-11-12-15-22(20)28-23/h11-12,14-16,18-19H,2-10,13,17H2,1H3,(H,25,26,27). The minimum atomic E-state index is 0.675. The number of rotatable bonds is 13. The molecule has 0 amide bonds. The summed E-state index contributed by atoms with van der Waals surface area (Å²) in [6.45, 7) is 3.19. The fraction of sp³-hybridized carbons (Fsp3) is 0.500. The van der Waals surface area contributed by atoms with Gasteiger partial charge in [0.15, 0.2) is 5.76 Å². The molecule has 0 radical (unpaired) electrons. The van der Waals surface area contributed by atoms with E-state index in [1.807, 2.05) is 36.4 Å². The number of hydrogen-bond donors (Lipinski definition) is 1. The molecule has 2 aromatic heterocycles. The van der Waals surface area contributed by atoms with Gasteiger partial charge in [-0.1, -0.05) is 82.9 Å². The fourth-order valence-corrected chi connectivity index (χ4v) is 3.50. The van der Waals surface area contributed by atoms with Crippen molar-refractivity contribution in [2.45, 2.75) is 71.1 Å². The first kappa shape index (κ1) is 20.4. The van der Waals surface area contributed by atoms with Crippen molar-refractivity contribution < 1.29 is 4.42 Å². The molecule has 4 nitrogen and oxygen atoms in total. The molecule has 3 rings (SSSR count). The molecule has 0 saturated heterocycles. The smallest absolute Gasteiger partial charge is 0.223 e. The third-order valence-electron chi connectivity index (χ3n) is 5.15. The molecule has 0 aliphatic carbocycles. The van der Waals surface area contributed by atoms with Crippen molar-refractivity contribution >= 4 is 16.9 Å². The Balaban J connectivity index is 1.35. The summed E-state index contributed by atoms with van der Waals surface area (Å²) < 4.78 is 5.90. The van der Waals surface area contributed by atoms with Gasteiger partial charge in [-0.2, -0.15) is 0 Å². The van der Waals surface area contributed by atoms with E-state index in [4.69, 9.17) is 4.42 Å². The summed E-state index contributed by atoms with van der Waals surface area (Å²) in [5.74, 6) is 1.46. The highest BCUT2D eigenvalue weighted by Gasteiger charge is 2.08. The monoisotopic (exact) mass is 379 g/mol. The third-order valence-corrected chi connectivity index (χ3v) is 5.15. The van der Waals surface area contributed by atoms with Crippen LogP contribution in [0.5, 0.6) is 0 Å². The summed E-state index contributed by atoms with van der Waals surface area (Å²) in [7, 11) is 0. The van der Waals surface area contributed by atoms with Crippen molar-refractivity contribution in [3.05, 3.63) is 42.6 Å². The van der Waals surface area contributed by atoms with Crippen molar-refractivity contribution in [2.24, 2.45) is 0 Å². The van der Waals surface area contributed by atoms with Crippen LogP contribution in [0.4, 0.5) is 5.95 Å². The average Bonchev–Trinajstić information content (AvgIpc) is 3.17. The summed E-state index contributed by atoms with van der Waals surface area (Å²) >= 11 is 0. The topological polar surface area (TPSA) is 51.0 Å². The van der Waals surface area contributed by atoms with Crippen LogP contribution in [-0.4, -0.2) is 16.5 Å². The van der Waals surface area contributed by atoms with Gasteiger partial charge in [0.2, 0.25) is 5.95 Å². The van der Waals surface area contributed by atoms with Gasteiger partial charge in [0.05, 0.1) is 0 Å². The quantitative estimate of drug-likeness (QED) is 0.318. The molecule has 4 heteroatoms. The summed E-state index contributed by atoms with van der Waals surface area (Å²) in [6, 6.07) is 11.9. The van der Waals surface area contributed by atoms with Gasteiger partial charge in [-0.3, -0.25) is 0 Å². The number of benzene rings is 1. The van der Waals surface area contributed by atoms with E-state index in [-0.39, 0.29) is 0 Å². The number of hydrogen-bond acceptors (Lipinski definition) is 4. The van der Waals surface area contributed by atoms with Crippen LogP contribution in [0.15, 0.2) is 47.0 Å². The molecule has 2 heterocycles. The summed E-state index contributed by atoms with van der Waals surface area (Å²) in [5.41, 5.74) is 1.70. The molecule has 0 aliphatic rings. The molecule has 1 N–H and O–H groups in total. The second-order valence-corrected chi connectivity index (χ2v) is 7.52. The van der Waals surface area contributed by atoms with Crippen molar-refractivity contribution in [2.75, 3.05) is 11.9 Å². The first-order valence-corrected chi connectivity index (χ1v) is 10.9. The van der Waals surface area contributed by atoms with E-state index in [0.717, 1.165) is 35.4 Å². The predicted molar refractivity (Wildman–Crippen MR) is 118 cm³/mol. The van der Waals surface area contributed by atoms with Crippen molar-refractivity contribution in [1.82, 2.24) is 9.97 Å². The molecule has 28 heavy (non-hydrogen) atoms. The maximum Gasteiger partial charge on any atom is 0.223 e. The van der Waals surface area contributed by atoms with Crippen LogP contribution in [0.3, 0.4) is 0 Å². The Bertz CT molecular complexity index is 794. The Kier molecular flexibility index (Phi) is 8.35. The van der Waals surface area contributed by atoms with Crippen LogP contribution < -0.4 is 5.32 Å². The van der Waals surface area contributed by atoms with Crippen molar-refractivity contribution in [3.63, 3.8) is 0 Å². The van der Waals surface area contributed by atoms with Crippen LogP contribution in [-0.2, 0) is 0 Å². The van der Waals surface area contributed by atoms with Crippen molar-refractivity contribution in [3.8, 4) is 11.5 Å². The first-order valence-electron chi connectivity index (χ1n) is 10.9. The minimum Gasteiger partial charge on any atom is -0.454 e. The van der Waals surface area contributed by atoms with Gasteiger partial charge in [-0.25, -0.2) is 9.97 Å². The van der Waals surface area contributed by atoms with Crippen LogP contribution >= 0.6 is 0 Å². The SMILES string of the molecule is CCCCCCCCCCCCNc1nccc(-c2cc3ccccc3o2)n1. The van der Waals surface area contributed by atoms with Crippen molar-refractivity contribution in [1.29, 1.82) is 0 Å². The van der Waals surface area contributed by atoms with Gasteiger partial charge in [0.25, 0.3) is 0 Å². The van der Waals surface area contributed by atoms with Crippen LogP contribution in [0.1, 0.15) is 71.1 Å². The van der Waals surface area contributed by atoms with Gasteiger partial charge in [-0.05, 0) is 24.6 Å². The molecular formula is C24H33N3O. The maximum atomic E-state index is 5.90. The fourth-order valence-electron chi connectivity index (χ4n) is 3.50. The molecule has 0 atom stereocenters. The number of nitrogens with one attached hydrogen (secondary N) is 1. The number of anilines is 1. The lowest BCUT2D eigenvalue weighted by Gasteiger charge is -2.06. The minimum absolute atomic E-state index is 0.675. The predicted octanol–water partition coefficient (Wildman–Crippen LogP) is 7.22. The molecule has 0 fully saturated rings. The largest absolute Gasteiger partial charge is 0.454 e. The number of nitrogens with zero attached hydrogens (tertiary/aromatic N) is 2. The molecule has 0 aliphatic heterocycles. The van der Waals surface area contributed by atoms with Gasteiger partial charge >= 0.3 is 0 Å². The zero-order chi connectivity index (χ0) is 19.4. The number of para-hydroxylation sites is 1. The molecule has 0 unspecified atom stereocenters. The average molecular weight is 380 g/mol. The molecule has 0 saturated carbocycles. The number of furan rings is 1. The second-order valence-electron chi connectivity index (χ2n) is 7.52. The third kappa shape index (κ3) is 6.36. The van der Waals surface area contributed by atoms with Crippen LogP contribution in [0, 0.1) is 0 Å². The molecular weight excluding hydrogens is 346 g/mol. The molecule has 1 aromatic carbocycles. The zero-order valence-corrected chi connectivity index (χ0v) is 17.1. The summed E-state index contributed by atoms with van der Waals surface area (Å²) in [4.78, 5) is 8.94. The summed E-state index contributed by atoms with van der Waals surface area (Å²) in [6.07, 6.45) is 15.3. The first-order chi connectivity index (χ1) is 13.9. The lowest BCUT2D eigenvalue weighted by molar-refractivity contribution is 0.559. The van der Waals surface area contributed by atoms with E-state index in [0.29, 0.717) is 5.95 Å². The van der Waals surface area contributed by atoms with E-state index in [9.17, 15) is 0 Å².